The average molecular weight is 324 g/mol. The average Bonchev–Trinajstić information content (AvgIpc) is 2.38. The molecule has 0 bridgehead atoms. The normalized spacial score (nSPS) is 10.8. The van der Waals surface area contributed by atoms with Crippen LogP contribution in [0.4, 0.5) is 0 Å². The van der Waals surface area contributed by atoms with E-state index >= 15 is 0 Å². The molecule has 0 radical (unpaired) electrons. The summed E-state index contributed by atoms with van der Waals surface area (Å²) in [6.07, 6.45) is 0. The van der Waals surface area contributed by atoms with E-state index in [0.717, 1.165) is 5.56 Å². The van der Waals surface area contributed by atoms with Crippen LogP contribution in [0.3, 0.4) is 0 Å². The number of benzene rings is 2. The van der Waals surface area contributed by atoms with Crippen molar-refractivity contribution in [2.24, 2.45) is 5.73 Å². The van der Waals surface area contributed by atoms with Gasteiger partial charge in [-0.3, -0.25) is 0 Å². The van der Waals surface area contributed by atoms with Crippen LogP contribution < -0.4 is 10.5 Å². The molecule has 2 N–H and O–H groups in total. The van der Waals surface area contributed by atoms with E-state index in [1.54, 1.807) is 12.1 Å². The molecule has 2 aromatic rings. The third-order valence-electron chi connectivity index (χ3n) is 3.51. The van der Waals surface area contributed by atoms with Crippen molar-refractivity contribution in [1.82, 2.24) is 0 Å². The monoisotopic (exact) mass is 323 g/mol. The maximum atomic E-state index is 6.22. The van der Waals surface area contributed by atoms with Gasteiger partial charge in [0, 0.05) is 17.1 Å². The Labute approximate surface area is 135 Å². The molecule has 0 atom stereocenters. The predicted molar refractivity (Wildman–Crippen MR) is 89.3 cm³/mol. The molecule has 0 unspecified atom stereocenters. The first kappa shape index (κ1) is 16.2. The Bertz CT molecular complexity index is 645. The van der Waals surface area contributed by atoms with Gasteiger partial charge in [0.15, 0.2) is 0 Å². The number of rotatable bonds is 4. The zero-order valence-corrected chi connectivity index (χ0v) is 14.0. The Morgan fingerprint density at radius 1 is 1.00 bits per heavy atom. The summed E-state index contributed by atoms with van der Waals surface area (Å²) in [5.41, 5.74) is 11.4. The lowest BCUT2D eigenvalue weighted by Gasteiger charge is -2.16. The van der Waals surface area contributed by atoms with Gasteiger partial charge in [0.2, 0.25) is 0 Å². The SMILES string of the molecule is Cc1cc(C)c(COc2c(Cl)cc(Cl)cc2CN)c(C)c1. The van der Waals surface area contributed by atoms with Crippen molar-refractivity contribution in [3.05, 3.63) is 62.1 Å². The van der Waals surface area contributed by atoms with Crippen molar-refractivity contribution in [1.29, 1.82) is 0 Å². The van der Waals surface area contributed by atoms with Gasteiger partial charge in [0.1, 0.15) is 12.4 Å². The standard InChI is InChI=1S/C17H19Cl2NO/c1-10-4-11(2)15(12(3)5-10)9-21-17-13(8-20)6-14(18)7-16(17)19/h4-7H,8-9,20H2,1-3H3. The van der Waals surface area contributed by atoms with E-state index in [1.165, 1.54) is 22.3 Å². The molecule has 0 spiro atoms. The summed E-state index contributed by atoms with van der Waals surface area (Å²) < 4.78 is 5.93. The molecule has 0 aliphatic carbocycles. The maximum absolute atomic E-state index is 6.22. The second-order valence-corrected chi connectivity index (χ2v) is 6.09. The van der Waals surface area contributed by atoms with Crippen LogP contribution in [0.5, 0.6) is 5.75 Å². The van der Waals surface area contributed by atoms with Crippen LogP contribution >= 0.6 is 23.2 Å². The first-order chi connectivity index (χ1) is 9.92. The fourth-order valence-electron chi connectivity index (χ4n) is 2.51. The minimum atomic E-state index is 0.335. The van der Waals surface area contributed by atoms with Crippen LogP contribution in [0.25, 0.3) is 0 Å². The van der Waals surface area contributed by atoms with E-state index in [0.29, 0.717) is 28.9 Å². The molecule has 21 heavy (non-hydrogen) atoms. The van der Waals surface area contributed by atoms with Crippen molar-refractivity contribution in [3.63, 3.8) is 0 Å². The van der Waals surface area contributed by atoms with Crippen LogP contribution in [0.15, 0.2) is 24.3 Å². The van der Waals surface area contributed by atoms with E-state index in [9.17, 15) is 0 Å². The lowest BCUT2D eigenvalue weighted by atomic mass is 10.0. The van der Waals surface area contributed by atoms with Gasteiger partial charge < -0.3 is 10.5 Å². The molecule has 2 nitrogen and oxygen atoms in total. The van der Waals surface area contributed by atoms with Gasteiger partial charge in [-0.05, 0) is 49.6 Å². The minimum absolute atomic E-state index is 0.335. The molecule has 112 valence electrons. The number of halogens is 2. The van der Waals surface area contributed by atoms with Gasteiger partial charge in [-0.25, -0.2) is 0 Å². The summed E-state index contributed by atoms with van der Waals surface area (Å²) in [7, 11) is 0. The summed E-state index contributed by atoms with van der Waals surface area (Å²) in [5, 5.41) is 1.06. The zero-order chi connectivity index (χ0) is 15.6. The first-order valence-electron chi connectivity index (χ1n) is 6.80. The largest absolute Gasteiger partial charge is 0.487 e. The molecule has 0 fully saturated rings. The van der Waals surface area contributed by atoms with Crippen molar-refractivity contribution in [2.75, 3.05) is 0 Å². The summed E-state index contributed by atoms with van der Waals surface area (Å²) in [6.45, 7) is 7.07. The molecule has 0 aliphatic rings. The highest BCUT2D eigenvalue weighted by Crippen LogP contribution is 2.33. The predicted octanol–water partition coefficient (Wildman–Crippen LogP) is 4.96. The summed E-state index contributed by atoms with van der Waals surface area (Å²) in [6, 6.07) is 7.77. The van der Waals surface area contributed by atoms with Gasteiger partial charge in [0.25, 0.3) is 0 Å². The minimum Gasteiger partial charge on any atom is -0.487 e. The van der Waals surface area contributed by atoms with Gasteiger partial charge in [-0.1, -0.05) is 40.9 Å². The summed E-state index contributed by atoms with van der Waals surface area (Å²) in [5.74, 6) is 0.614. The second-order valence-electron chi connectivity index (χ2n) is 5.25. The maximum Gasteiger partial charge on any atom is 0.142 e. The molecule has 2 aromatic carbocycles. The Hall–Kier alpha value is -1.22. The van der Waals surface area contributed by atoms with E-state index < -0.39 is 0 Å². The van der Waals surface area contributed by atoms with Crippen molar-refractivity contribution in [3.8, 4) is 5.75 Å². The van der Waals surface area contributed by atoms with Gasteiger partial charge >= 0.3 is 0 Å². The number of aryl methyl sites for hydroxylation is 3. The molecule has 0 saturated heterocycles. The fourth-order valence-corrected chi connectivity index (χ4v) is 3.10. The van der Waals surface area contributed by atoms with E-state index in [2.05, 4.69) is 32.9 Å². The first-order valence-corrected chi connectivity index (χ1v) is 7.55. The number of nitrogens with two attached hydrogens (primary N) is 1. The van der Waals surface area contributed by atoms with Crippen LogP contribution in [-0.4, -0.2) is 0 Å². The zero-order valence-electron chi connectivity index (χ0n) is 12.5. The third kappa shape index (κ3) is 3.70. The lowest BCUT2D eigenvalue weighted by molar-refractivity contribution is 0.301. The van der Waals surface area contributed by atoms with Gasteiger partial charge in [-0.15, -0.1) is 0 Å². The topological polar surface area (TPSA) is 35.2 Å². The Balaban J connectivity index is 2.29. The van der Waals surface area contributed by atoms with Crippen LogP contribution in [0.2, 0.25) is 10.0 Å². The highest BCUT2D eigenvalue weighted by Gasteiger charge is 2.12. The van der Waals surface area contributed by atoms with Crippen LogP contribution in [-0.2, 0) is 13.2 Å². The quantitative estimate of drug-likeness (QED) is 0.863. The van der Waals surface area contributed by atoms with Crippen LogP contribution in [0, 0.1) is 20.8 Å². The smallest absolute Gasteiger partial charge is 0.142 e. The van der Waals surface area contributed by atoms with Gasteiger partial charge in [-0.2, -0.15) is 0 Å². The molecular weight excluding hydrogens is 305 g/mol. The fraction of sp³-hybridized carbons (Fsp3) is 0.294. The summed E-state index contributed by atoms with van der Waals surface area (Å²) >= 11 is 12.2. The van der Waals surface area contributed by atoms with E-state index in [1.807, 2.05) is 0 Å². The van der Waals surface area contributed by atoms with Crippen molar-refractivity contribution in [2.45, 2.75) is 33.9 Å². The van der Waals surface area contributed by atoms with Crippen molar-refractivity contribution < 1.29 is 4.74 Å². The molecular formula is C17H19Cl2NO. The molecule has 0 aromatic heterocycles. The second kappa shape index (κ2) is 6.69. The highest BCUT2D eigenvalue weighted by atomic mass is 35.5. The Morgan fingerprint density at radius 3 is 2.19 bits per heavy atom. The lowest BCUT2D eigenvalue weighted by Crippen LogP contribution is -2.06. The molecule has 0 heterocycles. The van der Waals surface area contributed by atoms with Crippen LogP contribution in [0.1, 0.15) is 27.8 Å². The number of ether oxygens (including phenoxy) is 1. The van der Waals surface area contributed by atoms with E-state index in [-0.39, 0.29) is 0 Å². The highest BCUT2D eigenvalue weighted by molar-refractivity contribution is 6.35. The molecule has 4 heteroatoms. The summed E-state index contributed by atoms with van der Waals surface area (Å²) in [4.78, 5) is 0. The molecule has 0 saturated carbocycles. The third-order valence-corrected chi connectivity index (χ3v) is 4.01. The Morgan fingerprint density at radius 2 is 1.62 bits per heavy atom. The number of hydrogen-bond acceptors (Lipinski definition) is 2. The van der Waals surface area contributed by atoms with E-state index in [4.69, 9.17) is 33.7 Å². The molecule has 0 amide bonds. The Kier molecular flexibility index (Phi) is 5.15. The van der Waals surface area contributed by atoms with Crippen molar-refractivity contribution >= 4 is 23.2 Å². The van der Waals surface area contributed by atoms with Gasteiger partial charge in [0.05, 0.1) is 5.02 Å². The molecule has 0 aliphatic heterocycles. The number of hydrogen-bond donors (Lipinski definition) is 1. The molecule has 2 rings (SSSR count).